The Morgan fingerprint density at radius 2 is 1.77 bits per heavy atom. The van der Waals surface area contributed by atoms with Crippen molar-refractivity contribution in [1.29, 1.82) is 0 Å². The Hall–Kier alpha value is -3.04. The van der Waals surface area contributed by atoms with Gasteiger partial charge in [0.1, 0.15) is 13.2 Å². The lowest BCUT2D eigenvalue weighted by atomic mass is 9.87. The number of aromatic nitrogens is 1. The molecule has 1 unspecified atom stereocenters. The summed E-state index contributed by atoms with van der Waals surface area (Å²) in [5.74, 6) is 1.59. The van der Waals surface area contributed by atoms with E-state index in [1.807, 2.05) is 18.2 Å². The Balaban J connectivity index is 1.17. The highest BCUT2D eigenvalue weighted by molar-refractivity contribution is 7.89. The van der Waals surface area contributed by atoms with Gasteiger partial charge in [0.05, 0.1) is 4.90 Å². The quantitative estimate of drug-likeness (QED) is 0.603. The molecule has 35 heavy (non-hydrogen) atoms. The van der Waals surface area contributed by atoms with Crippen molar-refractivity contribution in [3.05, 3.63) is 53.2 Å². The zero-order chi connectivity index (χ0) is 24.2. The highest BCUT2D eigenvalue weighted by atomic mass is 32.2. The first-order valence-corrected chi connectivity index (χ1v) is 13.7. The molecule has 1 atom stereocenters. The number of ether oxygens (including phenoxy) is 2. The maximum Gasteiger partial charge on any atom is 0.253 e. The number of nitrogens with one attached hydrogen (secondary N) is 1. The number of aryl methyl sites for hydroxylation is 1. The van der Waals surface area contributed by atoms with E-state index in [1.165, 1.54) is 28.0 Å². The first-order chi connectivity index (χ1) is 16.9. The van der Waals surface area contributed by atoms with E-state index in [4.69, 9.17) is 9.47 Å². The van der Waals surface area contributed by atoms with E-state index in [1.54, 1.807) is 17.0 Å². The summed E-state index contributed by atoms with van der Waals surface area (Å²) in [6.45, 7) is 4.33. The summed E-state index contributed by atoms with van der Waals surface area (Å²) in [5, 5.41) is 1.14. The number of rotatable bonds is 3. The van der Waals surface area contributed by atoms with Gasteiger partial charge in [0, 0.05) is 54.4 Å². The standard InChI is InChI=1S/C26H29N3O5S/c1-17-2-5-22-20(14-17)21-15-18(3-6-23(21)27-22)26(30)28-8-10-29(11-9-28)35(31,32)19-4-7-24-25(16-19)34-13-12-33-24/h3-4,6-7,15-17,27H,2,5,8-14H2,1H3. The van der Waals surface area contributed by atoms with Crippen molar-refractivity contribution in [2.24, 2.45) is 5.92 Å². The summed E-state index contributed by atoms with van der Waals surface area (Å²) in [6, 6.07) is 10.6. The van der Waals surface area contributed by atoms with E-state index in [0.29, 0.717) is 49.3 Å². The number of aromatic amines is 1. The van der Waals surface area contributed by atoms with E-state index in [9.17, 15) is 13.2 Å². The van der Waals surface area contributed by atoms with Gasteiger partial charge in [0.2, 0.25) is 10.0 Å². The highest BCUT2D eigenvalue weighted by Gasteiger charge is 2.32. The fourth-order valence-electron chi connectivity index (χ4n) is 5.37. The lowest BCUT2D eigenvalue weighted by Gasteiger charge is -2.34. The summed E-state index contributed by atoms with van der Waals surface area (Å²) in [5.41, 5.74) is 4.36. The predicted octanol–water partition coefficient (Wildman–Crippen LogP) is 3.21. The number of hydrogen-bond donors (Lipinski definition) is 1. The summed E-state index contributed by atoms with van der Waals surface area (Å²) >= 11 is 0. The fraction of sp³-hybridized carbons (Fsp3) is 0.423. The van der Waals surface area contributed by atoms with Crippen molar-refractivity contribution in [2.75, 3.05) is 39.4 Å². The molecule has 0 bridgehead atoms. The number of piperazine rings is 1. The Morgan fingerprint density at radius 1 is 1.00 bits per heavy atom. The average molecular weight is 496 g/mol. The molecule has 6 rings (SSSR count). The van der Waals surface area contributed by atoms with Gasteiger partial charge in [-0.05, 0) is 61.1 Å². The Morgan fingerprint density at radius 3 is 2.57 bits per heavy atom. The molecule has 0 spiro atoms. The smallest absolute Gasteiger partial charge is 0.253 e. The second-order valence-electron chi connectivity index (χ2n) is 9.69. The van der Waals surface area contributed by atoms with E-state index in [0.717, 1.165) is 23.7 Å². The largest absolute Gasteiger partial charge is 0.486 e. The molecule has 3 heterocycles. The third-order valence-electron chi connectivity index (χ3n) is 7.36. The zero-order valence-corrected chi connectivity index (χ0v) is 20.6. The molecule has 2 aliphatic heterocycles. The van der Waals surface area contributed by atoms with Crippen LogP contribution in [-0.2, 0) is 22.9 Å². The molecule has 184 valence electrons. The van der Waals surface area contributed by atoms with Gasteiger partial charge >= 0.3 is 0 Å². The molecular formula is C26H29N3O5S. The Bertz CT molecular complexity index is 1410. The maximum absolute atomic E-state index is 13.3. The molecule has 1 fully saturated rings. The van der Waals surface area contributed by atoms with E-state index in [-0.39, 0.29) is 23.9 Å². The molecule has 1 saturated heterocycles. The summed E-state index contributed by atoms with van der Waals surface area (Å²) in [4.78, 5) is 18.8. The van der Waals surface area contributed by atoms with Crippen molar-refractivity contribution in [3.63, 3.8) is 0 Å². The first-order valence-electron chi connectivity index (χ1n) is 12.2. The molecule has 2 aromatic carbocycles. The SMILES string of the molecule is CC1CCc2[nH]c3ccc(C(=O)N4CCN(S(=O)(=O)c5ccc6c(c5)OCCO6)CC4)cc3c2C1. The van der Waals surface area contributed by atoms with Crippen LogP contribution in [0.25, 0.3) is 10.9 Å². The summed E-state index contributed by atoms with van der Waals surface area (Å²) in [7, 11) is -3.69. The third-order valence-corrected chi connectivity index (χ3v) is 9.25. The summed E-state index contributed by atoms with van der Waals surface area (Å²) < 4.78 is 38.9. The Labute approximate surface area is 204 Å². The van der Waals surface area contributed by atoms with Crippen LogP contribution in [-0.4, -0.2) is 67.9 Å². The molecule has 9 heteroatoms. The van der Waals surface area contributed by atoms with Crippen molar-refractivity contribution in [2.45, 2.75) is 31.1 Å². The van der Waals surface area contributed by atoms with E-state index < -0.39 is 10.0 Å². The first kappa shape index (κ1) is 22.4. The minimum Gasteiger partial charge on any atom is -0.486 e. The maximum atomic E-state index is 13.3. The van der Waals surface area contributed by atoms with Crippen molar-refractivity contribution >= 4 is 26.8 Å². The second-order valence-corrected chi connectivity index (χ2v) is 11.6. The van der Waals surface area contributed by atoms with E-state index >= 15 is 0 Å². The lowest BCUT2D eigenvalue weighted by Crippen LogP contribution is -2.50. The van der Waals surface area contributed by atoms with Crippen LogP contribution in [0.15, 0.2) is 41.3 Å². The number of H-pyrrole nitrogens is 1. The molecule has 3 aromatic rings. The van der Waals surface area contributed by atoms with Crippen LogP contribution in [0.2, 0.25) is 0 Å². The second kappa shape index (κ2) is 8.57. The van der Waals surface area contributed by atoms with Gasteiger partial charge in [0.15, 0.2) is 11.5 Å². The molecule has 3 aliphatic rings. The number of sulfonamides is 1. The number of nitrogens with zero attached hydrogens (tertiary/aromatic N) is 2. The highest BCUT2D eigenvalue weighted by Crippen LogP contribution is 2.34. The fourth-order valence-corrected chi connectivity index (χ4v) is 6.81. The van der Waals surface area contributed by atoms with Crippen molar-refractivity contribution in [1.82, 2.24) is 14.2 Å². The minimum atomic E-state index is -3.69. The van der Waals surface area contributed by atoms with Crippen LogP contribution < -0.4 is 9.47 Å². The van der Waals surface area contributed by atoms with Crippen molar-refractivity contribution < 1.29 is 22.7 Å². The molecule has 0 saturated carbocycles. The average Bonchev–Trinajstić information content (AvgIpc) is 3.25. The van der Waals surface area contributed by atoms with Gasteiger partial charge in [-0.2, -0.15) is 4.31 Å². The number of carbonyl (C=O) groups is 1. The van der Waals surface area contributed by atoms with Crippen LogP contribution in [0.4, 0.5) is 0 Å². The van der Waals surface area contributed by atoms with Gasteiger partial charge in [-0.15, -0.1) is 0 Å². The molecule has 1 N–H and O–H groups in total. The normalized spacial score (nSPS) is 20.6. The molecule has 0 radical (unpaired) electrons. The molecule has 1 aromatic heterocycles. The number of hydrogen-bond acceptors (Lipinski definition) is 5. The number of benzene rings is 2. The lowest BCUT2D eigenvalue weighted by molar-refractivity contribution is 0.0698. The minimum absolute atomic E-state index is 0.0536. The van der Waals surface area contributed by atoms with Crippen molar-refractivity contribution in [3.8, 4) is 11.5 Å². The van der Waals surface area contributed by atoms with Crippen LogP contribution in [0.3, 0.4) is 0 Å². The van der Waals surface area contributed by atoms with Crippen LogP contribution in [0.5, 0.6) is 11.5 Å². The topological polar surface area (TPSA) is 91.9 Å². The predicted molar refractivity (Wildman–Crippen MR) is 132 cm³/mol. The van der Waals surface area contributed by atoms with E-state index in [2.05, 4.69) is 11.9 Å². The van der Waals surface area contributed by atoms with Crippen LogP contribution in [0.1, 0.15) is 35.0 Å². The number of carbonyl (C=O) groups excluding carboxylic acids is 1. The molecule has 1 amide bonds. The zero-order valence-electron chi connectivity index (χ0n) is 19.7. The van der Waals surface area contributed by atoms with Gasteiger partial charge in [-0.25, -0.2) is 8.42 Å². The third kappa shape index (κ3) is 3.96. The van der Waals surface area contributed by atoms with Gasteiger partial charge in [-0.1, -0.05) is 6.92 Å². The van der Waals surface area contributed by atoms with Crippen LogP contribution >= 0.6 is 0 Å². The molecule has 8 nitrogen and oxygen atoms in total. The van der Waals surface area contributed by atoms with Gasteiger partial charge in [0.25, 0.3) is 5.91 Å². The molecular weight excluding hydrogens is 466 g/mol. The monoisotopic (exact) mass is 495 g/mol. The number of fused-ring (bicyclic) bond motifs is 4. The van der Waals surface area contributed by atoms with Gasteiger partial charge < -0.3 is 19.4 Å². The molecule has 1 aliphatic carbocycles. The van der Waals surface area contributed by atoms with Gasteiger partial charge in [-0.3, -0.25) is 4.79 Å². The Kier molecular flexibility index (Phi) is 5.49. The van der Waals surface area contributed by atoms with Crippen LogP contribution in [0, 0.1) is 5.92 Å². The number of amides is 1. The summed E-state index contributed by atoms with van der Waals surface area (Å²) in [6.07, 6.45) is 3.27.